The molecule has 2 N–H and O–H groups in total. The van der Waals surface area contributed by atoms with Crippen LogP contribution in [-0.4, -0.2) is 76.5 Å². The molecule has 0 spiro atoms. The molecular weight excluding hydrogens is 594 g/mol. The van der Waals surface area contributed by atoms with Gasteiger partial charge in [0.15, 0.2) is 0 Å². The largest absolute Gasteiger partial charge is 0.367 e. The lowest BCUT2D eigenvalue weighted by atomic mass is 9.96. The quantitative estimate of drug-likeness (QED) is 0.282. The first kappa shape index (κ1) is 30.1. The van der Waals surface area contributed by atoms with Crippen molar-refractivity contribution >= 4 is 38.9 Å². The zero-order valence-corrected chi connectivity index (χ0v) is 26.0. The van der Waals surface area contributed by atoms with Crippen LogP contribution in [0.15, 0.2) is 108 Å². The molecular formula is C34H36ClN5O3S. The predicted molar refractivity (Wildman–Crippen MR) is 176 cm³/mol. The predicted octanol–water partition coefficient (Wildman–Crippen LogP) is 5.10. The van der Waals surface area contributed by atoms with Crippen LogP contribution in [0.1, 0.15) is 27.5 Å². The Morgan fingerprint density at radius 1 is 0.750 bits per heavy atom. The molecule has 8 nitrogen and oxygen atoms in total. The molecule has 0 radical (unpaired) electrons. The van der Waals surface area contributed by atoms with Crippen molar-refractivity contribution in [2.45, 2.75) is 10.9 Å². The monoisotopic (exact) mass is 629 g/mol. The lowest BCUT2D eigenvalue weighted by Crippen LogP contribution is -2.48. The van der Waals surface area contributed by atoms with E-state index in [4.69, 9.17) is 11.6 Å². The number of nitrogens with zero attached hydrogens (tertiary/aromatic N) is 3. The Kier molecular flexibility index (Phi) is 9.18. The van der Waals surface area contributed by atoms with Gasteiger partial charge >= 0.3 is 0 Å². The van der Waals surface area contributed by atoms with Crippen molar-refractivity contribution in [1.82, 2.24) is 15.1 Å². The van der Waals surface area contributed by atoms with Crippen molar-refractivity contribution in [3.05, 3.63) is 125 Å². The normalized spacial score (nSPS) is 16.2. The van der Waals surface area contributed by atoms with Crippen molar-refractivity contribution in [3.8, 4) is 0 Å². The Labute approximate surface area is 264 Å². The van der Waals surface area contributed by atoms with Crippen molar-refractivity contribution in [3.63, 3.8) is 0 Å². The third-order valence-electron chi connectivity index (χ3n) is 8.27. The highest BCUT2D eigenvalue weighted by Gasteiger charge is 2.29. The van der Waals surface area contributed by atoms with Crippen LogP contribution in [-0.2, 0) is 10.0 Å². The summed E-state index contributed by atoms with van der Waals surface area (Å²) in [5.74, 6) is -0.108. The van der Waals surface area contributed by atoms with Crippen molar-refractivity contribution in [2.75, 3.05) is 62.0 Å². The first-order valence-corrected chi connectivity index (χ1v) is 16.8. The van der Waals surface area contributed by atoms with Crippen LogP contribution in [0.25, 0.3) is 0 Å². The van der Waals surface area contributed by atoms with Gasteiger partial charge in [0.1, 0.15) is 0 Å². The van der Waals surface area contributed by atoms with Crippen molar-refractivity contribution in [1.29, 1.82) is 0 Å². The van der Waals surface area contributed by atoms with Crippen LogP contribution in [0.3, 0.4) is 0 Å². The maximum Gasteiger partial charge on any atom is 0.261 e. The number of carbonyl (C=O) groups excluding carboxylic acids is 1. The van der Waals surface area contributed by atoms with E-state index in [1.807, 2.05) is 24.3 Å². The molecule has 0 aliphatic carbocycles. The molecule has 4 aromatic rings. The van der Waals surface area contributed by atoms with Gasteiger partial charge in [-0.05, 0) is 53.6 Å². The standard InChI is InChI=1S/C34H36ClN5O3S/c35-29-12-14-30(15-13-29)44(42,43)37-31-25-28(34(41)40-19-17-36-18-20-40)11-16-32(31)38-21-23-39(24-22-38)33(26-7-3-1-4-8-26)27-9-5-2-6-10-27/h1-16,25,33,36-37H,17-24H2. The highest BCUT2D eigenvalue weighted by molar-refractivity contribution is 7.92. The summed E-state index contributed by atoms with van der Waals surface area (Å²) in [5, 5.41) is 3.72. The maximum atomic E-state index is 13.5. The maximum absolute atomic E-state index is 13.5. The van der Waals surface area contributed by atoms with Gasteiger partial charge in [-0.15, -0.1) is 0 Å². The highest BCUT2D eigenvalue weighted by atomic mass is 35.5. The number of nitrogens with one attached hydrogen (secondary N) is 2. The van der Waals surface area contributed by atoms with Gasteiger partial charge in [0.25, 0.3) is 15.9 Å². The average molecular weight is 630 g/mol. The van der Waals surface area contributed by atoms with Crippen LogP contribution < -0.4 is 14.9 Å². The smallest absolute Gasteiger partial charge is 0.261 e. The summed E-state index contributed by atoms with van der Waals surface area (Å²) in [6.07, 6.45) is 0. The minimum absolute atomic E-state index is 0.102. The topological polar surface area (TPSA) is 85.0 Å². The molecule has 0 unspecified atom stereocenters. The summed E-state index contributed by atoms with van der Waals surface area (Å²) < 4.78 is 29.8. The number of piperazine rings is 2. The van der Waals surface area contributed by atoms with E-state index in [1.54, 1.807) is 23.1 Å². The van der Waals surface area contributed by atoms with E-state index in [2.05, 4.69) is 68.4 Å². The van der Waals surface area contributed by atoms with E-state index < -0.39 is 10.0 Å². The molecule has 2 aliphatic rings. The highest BCUT2D eigenvalue weighted by Crippen LogP contribution is 2.34. The number of sulfonamides is 1. The molecule has 0 aromatic heterocycles. The van der Waals surface area contributed by atoms with E-state index in [1.165, 1.54) is 23.3 Å². The average Bonchev–Trinajstić information content (AvgIpc) is 3.06. The van der Waals surface area contributed by atoms with Crippen molar-refractivity contribution < 1.29 is 13.2 Å². The number of halogens is 1. The molecule has 0 atom stereocenters. The third-order valence-corrected chi connectivity index (χ3v) is 9.90. The number of hydrogen-bond acceptors (Lipinski definition) is 6. The lowest BCUT2D eigenvalue weighted by molar-refractivity contribution is 0.0736. The second-order valence-electron chi connectivity index (χ2n) is 11.1. The van der Waals surface area contributed by atoms with Crippen LogP contribution in [0.5, 0.6) is 0 Å². The van der Waals surface area contributed by atoms with Gasteiger partial charge in [0, 0.05) is 62.9 Å². The van der Waals surface area contributed by atoms with Gasteiger partial charge in [-0.3, -0.25) is 14.4 Å². The molecule has 1 amide bonds. The van der Waals surface area contributed by atoms with E-state index >= 15 is 0 Å². The van der Waals surface area contributed by atoms with E-state index in [-0.39, 0.29) is 16.8 Å². The lowest BCUT2D eigenvalue weighted by Gasteiger charge is -2.41. The number of amides is 1. The minimum atomic E-state index is -3.94. The molecule has 2 aliphatic heterocycles. The number of hydrogen-bond donors (Lipinski definition) is 2. The molecule has 0 bridgehead atoms. The fourth-order valence-electron chi connectivity index (χ4n) is 6.00. The van der Waals surface area contributed by atoms with Crippen LogP contribution in [0.4, 0.5) is 11.4 Å². The number of rotatable bonds is 8. The van der Waals surface area contributed by atoms with Crippen LogP contribution >= 0.6 is 11.6 Å². The molecule has 4 aromatic carbocycles. The first-order chi connectivity index (χ1) is 21.4. The minimum Gasteiger partial charge on any atom is -0.367 e. The summed E-state index contributed by atoms with van der Waals surface area (Å²) in [4.78, 5) is 20.0. The first-order valence-electron chi connectivity index (χ1n) is 14.9. The van der Waals surface area contributed by atoms with Gasteiger partial charge in [-0.1, -0.05) is 72.3 Å². The Bertz CT molecular complexity index is 1630. The van der Waals surface area contributed by atoms with E-state index in [0.717, 1.165) is 31.9 Å². The van der Waals surface area contributed by atoms with Gasteiger partial charge in [0.2, 0.25) is 0 Å². The molecule has 10 heteroatoms. The molecule has 2 saturated heterocycles. The summed E-state index contributed by atoms with van der Waals surface area (Å²) in [6.45, 7) is 5.62. The summed E-state index contributed by atoms with van der Waals surface area (Å²) >= 11 is 6.02. The van der Waals surface area contributed by atoms with Gasteiger partial charge in [0.05, 0.1) is 22.3 Å². The second kappa shape index (κ2) is 13.4. The Hall–Kier alpha value is -3.89. The molecule has 44 heavy (non-hydrogen) atoms. The molecule has 0 saturated carbocycles. The fourth-order valence-corrected chi connectivity index (χ4v) is 7.19. The number of carbonyl (C=O) groups is 1. The Balaban J connectivity index is 1.28. The van der Waals surface area contributed by atoms with Gasteiger partial charge < -0.3 is 15.1 Å². The summed E-state index contributed by atoms with van der Waals surface area (Å²) in [5.41, 5.74) is 4.06. The third kappa shape index (κ3) is 6.76. The van der Waals surface area contributed by atoms with E-state index in [0.29, 0.717) is 42.5 Å². The molecule has 6 rings (SSSR count). The Morgan fingerprint density at radius 2 is 1.34 bits per heavy atom. The molecule has 2 fully saturated rings. The van der Waals surface area contributed by atoms with Crippen LogP contribution in [0, 0.1) is 0 Å². The SMILES string of the molecule is O=C(c1ccc(N2CCN(C(c3ccccc3)c3ccccc3)CC2)c(NS(=O)(=O)c2ccc(Cl)cc2)c1)N1CCNCC1. The zero-order valence-electron chi connectivity index (χ0n) is 24.4. The molecule has 2 heterocycles. The number of anilines is 2. The Morgan fingerprint density at radius 3 is 1.93 bits per heavy atom. The second-order valence-corrected chi connectivity index (χ2v) is 13.2. The van der Waals surface area contributed by atoms with Gasteiger partial charge in [-0.25, -0.2) is 8.42 Å². The van der Waals surface area contributed by atoms with E-state index in [9.17, 15) is 13.2 Å². The fraction of sp³-hybridized carbons (Fsp3) is 0.265. The van der Waals surface area contributed by atoms with Crippen molar-refractivity contribution in [2.24, 2.45) is 0 Å². The van der Waals surface area contributed by atoms with Gasteiger partial charge in [-0.2, -0.15) is 0 Å². The zero-order chi connectivity index (χ0) is 30.5. The molecule has 228 valence electrons. The summed E-state index contributed by atoms with van der Waals surface area (Å²) in [7, 11) is -3.94. The van der Waals surface area contributed by atoms with Crippen LogP contribution in [0.2, 0.25) is 5.02 Å². The summed E-state index contributed by atoms with van der Waals surface area (Å²) in [6, 6.07) is 32.6. The number of benzene rings is 4.